The van der Waals surface area contributed by atoms with E-state index in [0.717, 1.165) is 5.69 Å². The van der Waals surface area contributed by atoms with Crippen molar-refractivity contribution in [3.05, 3.63) is 162 Å². The van der Waals surface area contributed by atoms with Crippen LogP contribution in [0.25, 0.3) is 42.4 Å². The summed E-state index contributed by atoms with van der Waals surface area (Å²) in [6.45, 7) is 0. The van der Waals surface area contributed by atoms with Gasteiger partial charge >= 0.3 is 0 Å². The van der Waals surface area contributed by atoms with Gasteiger partial charge in [-0.1, -0.05) is 103 Å². The summed E-state index contributed by atoms with van der Waals surface area (Å²) in [4.78, 5) is 4.99. The van der Waals surface area contributed by atoms with Crippen molar-refractivity contribution in [2.24, 2.45) is 0 Å². The Balaban J connectivity index is 1.48. The highest BCUT2D eigenvalue weighted by Crippen LogP contribution is 2.56. The zero-order chi connectivity index (χ0) is 25.1. The molecule has 5 aromatic carbocycles. The monoisotopic (exact) mass is 501 g/mol. The van der Waals surface area contributed by atoms with Crippen LogP contribution in [0, 0.1) is 0 Å². The van der Waals surface area contributed by atoms with Crippen molar-refractivity contribution in [2.75, 3.05) is 0 Å². The van der Waals surface area contributed by atoms with Gasteiger partial charge < -0.3 is 0 Å². The molecule has 0 saturated heterocycles. The Kier molecular flexibility index (Phi) is 4.67. The van der Waals surface area contributed by atoms with Crippen LogP contribution in [0.15, 0.2) is 140 Å². The van der Waals surface area contributed by atoms with E-state index in [4.69, 9.17) is 4.98 Å². The van der Waals surface area contributed by atoms with Crippen LogP contribution in [-0.4, -0.2) is 4.98 Å². The number of thiophene rings is 1. The molecule has 38 heavy (non-hydrogen) atoms. The highest BCUT2D eigenvalue weighted by Gasteiger charge is 2.47. The van der Waals surface area contributed by atoms with Crippen LogP contribution in [0.1, 0.15) is 22.4 Å². The van der Waals surface area contributed by atoms with Crippen LogP contribution in [0.5, 0.6) is 0 Å². The molecule has 2 aromatic heterocycles. The molecule has 1 nitrogen and oxygen atoms in total. The van der Waals surface area contributed by atoms with Crippen molar-refractivity contribution in [3.8, 4) is 22.3 Å². The fourth-order valence-electron chi connectivity index (χ4n) is 6.47. The Morgan fingerprint density at radius 2 is 1.26 bits per heavy atom. The van der Waals surface area contributed by atoms with Crippen LogP contribution in [0.2, 0.25) is 0 Å². The minimum atomic E-state index is -0.491. The highest BCUT2D eigenvalue weighted by molar-refractivity contribution is 7.25. The van der Waals surface area contributed by atoms with Gasteiger partial charge in [-0.25, -0.2) is 0 Å². The molecule has 8 rings (SSSR count). The van der Waals surface area contributed by atoms with Crippen LogP contribution < -0.4 is 0 Å². The van der Waals surface area contributed by atoms with E-state index in [0.29, 0.717) is 0 Å². The second kappa shape index (κ2) is 8.24. The molecule has 0 radical (unpaired) electrons. The van der Waals surface area contributed by atoms with E-state index in [9.17, 15) is 0 Å². The van der Waals surface area contributed by atoms with Gasteiger partial charge in [0.25, 0.3) is 0 Å². The highest BCUT2D eigenvalue weighted by atomic mass is 32.1. The summed E-state index contributed by atoms with van der Waals surface area (Å²) in [5, 5.41) is 2.66. The summed E-state index contributed by atoms with van der Waals surface area (Å²) in [5.41, 5.74) is 9.45. The summed E-state index contributed by atoms with van der Waals surface area (Å²) in [5.74, 6) is 0. The molecule has 2 heterocycles. The van der Waals surface area contributed by atoms with E-state index in [1.807, 2.05) is 23.6 Å². The molecule has 178 valence electrons. The fourth-order valence-corrected chi connectivity index (χ4v) is 7.60. The molecule has 1 unspecified atom stereocenters. The molecule has 0 spiro atoms. The Bertz CT molecular complexity index is 1930. The van der Waals surface area contributed by atoms with Crippen LogP contribution >= 0.6 is 11.3 Å². The number of rotatable bonds is 3. The van der Waals surface area contributed by atoms with Crippen molar-refractivity contribution in [1.29, 1.82) is 0 Å². The van der Waals surface area contributed by atoms with Crippen LogP contribution in [-0.2, 0) is 5.41 Å². The lowest BCUT2D eigenvalue weighted by molar-refractivity contribution is 0.735. The van der Waals surface area contributed by atoms with Gasteiger partial charge in [-0.15, -0.1) is 11.3 Å². The summed E-state index contributed by atoms with van der Waals surface area (Å²) in [6, 6.07) is 48.5. The molecule has 0 N–H and O–H groups in total. The first-order chi connectivity index (χ1) is 18.9. The first-order valence-electron chi connectivity index (χ1n) is 13.0. The van der Waals surface area contributed by atoms with Crippen molar-refractivity contribution >= 4 is 31.5 Å². The third kappa shape index (κ3) is 2.89. The van der Waals surface area contributed by atoms with Gasteiger partial charge in [0.15, 0.2) is 0 Å². The fraction of sp³-hybridized carbons (Fsp3) is 0.0278. The van der Waals surface area contributed by atoms with Gasteiger partial charge in [-0.05, 0) is 69.3 Å². The standard InChI is InChI=1S/C36H23NS/c1-2-11-25(12-3-1)36(34-19-8-9-22-37-34)30-16-6-4-13-27(30)28-21-20-24(23-31(28)36)26-15-10-18-33-35(26)29-14-5-7-17-32(29)38-33/h1-23H. The van der Waals surface area contributed by atoms with Crippen LogP contribution in [0.3, 0.4) is 0 Å². The number of pyridine rings is 1. The molecular formula is C36H23NS. The molecule has 7 aromatic rings. The first kappa shape index (κ1) is 21.5. The van der Waals surface area contributed by atoms with E-state index in [1.54, 1.807) is 0 Å². The Hall–Kier alpha value is -4.53. The van der Waals surface area contributed by atoms with Gasteiger partial charge in [0.2, 0.25) is 0 Å². The largest absolute Gasteiger partial charge is 0.260 e. The summed E-state index contributed by atoms with van der Waals surface area (Å²) < 4.78 is 2.65. The smallest absolute Gasteiger partial charge is 0.0886 e. The van der Waals surface area contributed by atoms with E-state index in [1.165, 1.54) is 59.1 Å². The van der Waals surface area contributed by atoms with Gasteiger partial charge in [0, 0.05) is 26.4 Å². The molecule has 0 amide bonds. The molecular weight excluding hydrogens is 478 g/mol. The van der Waals surface area contributed by atoms with Gasteiger partial charge in [0.1, 0.15) is 0 Å². The van der Waals surface area contributed by atoms with Gasteiger partial charge in [-0.2, -0.15) is 0 Å². The number of fused-ring (bicyclic) bond motifs is 6. The van der Waals surface area contributed by atoms with E-state index in [2.05, 4.69) is 127 Å². The maximum absolute atomic E-state index is 4.99. The van der Waals surface area contributed by atoms with Crippen LogP contribution in [0.4, 0.5) is 0 Å². The predicted molar refractivity (Wildman–Crippen MR) is 160 cm³/mol. The maximum Gasteiger partial charge on any atom is 0.0886 e. The van der Waals surface area contributed by atoms with Crippen molar-refractivity contribution < 1.29 is 0 Å². The average Bonchev–Trinajstić information content (AvgIpc) is 3.52. The molecule has 0 fully saturated rings. The van der Waals surface area contributed by atoms with Crippen molar-refractivity contribution in [2.45, 2.75) is 5.41 Å². The molecule has 1 aliphatic rings. The number of hydrogen-bond donors (Lipinski definition) is 0. The lowest BCUT2D eigenvalue weighted by Crippen LogP contribution is -2.29. The van der Waals surface area contributed by atoms with E-state index in [-0.39, 0.29) is 0 Å². The minimum Gasteiger partial charge on any atom is -0.260 e. The summed E-state index contributed by atoms with van der Waals surface area (Å²) in [7, 11) is 0. The van der Waals surface area contributed by atoms with Gasteiger partial charge in [0.05, 0.1) is 11.1 Å². The number of nitrogens with zero attached hydrogens (tertiary/aromatic N) is 1. The third-order valence-electron chi connectivity index (χ3n) is 8.01. The third-order valence-corrected chi connectivity index (χ3v) is 9.15. The number of aromatic nitrogens is 1. The van der Waals surface area contributed by atoms with E-state index >= 15 is 0 Å². The zero-order valence-electron chi connectivity index (χ0n) is 20.6. The molecule has 2 heteroatoms. The number of hydrogen-bond acceptors (Lipinski definition) is 2. The Morgan fingerprint density at radius 1 is 0.526 bits per heavy atom. The quantitative estimate of drug-likeness (QED) is 0.235. The van der Waals surface area contributed by atoms with E-state index < -0.39 is 5.41 Å². The molecule has 0 bridgehead atoms. The minimum absolute atomic E-state index is 0.491. The lowest BCUT2D eigenvalue weighted by Gasteiger charge is -2.32. The lowest BCUT2D eigenvalue weighted by atomic mass is 9.69. The number of benzene rings is 5. The summed E-state index contributed by atoms with van der Waals surface area (Å²) in [6.07, 6.45) is 1.92. The second-order valence-corrected chi connectivity index (χ2v) is 11.0. The molecule has 0 saturated carbocycles. The Labute approximate surface area is 225 Å². The maximum atomic E-state index is 4.99. The zero-order valence-corrected chi connectivity index (χ0v) is 21.5. The molecule has 1 aliphatic carbocycles. The molecule has 0 aliphatic heterocycles. The van der Waals surface area contributed by atoms with Crippen molar-refractivity contribution in [3.63, 3.8) is 0 Å². The van der Waals surface area contributed by atoms with Gasteiger partial charge in [-0.3, -0.25) is 4.98 Å². The van der Waals surface area contributed by atoms with Crippen molar-refractivity contribution in [1.82, 2.24) is 4.98 Å². The predicted octanol–water partition coefficient (Wildman–Crippen LogP) is 9.48. The molecule has 1 atom stereocenters. The topological polar surface area (TPSA) is 12.9 Å². The first-order valence-corrected chi connectivity index (χ1v) is 13.8. The normalized spacial score (nSPS) is 16.0. The summed E-state index contributed by atoms with van der Waals surface area (Å²) >= 11 is 1.87. The average molecular weight is 502 g/mol. The second-order valence-electron chi connectivity index (χ2n) is 9.91. The SMILES string of the molecule is c1ccc(C2(c3ccccn3)c3ccccc3-c3ccc(-c4cccc5sc6ccccc6c45)cc32)cc1. The Morgan fingerprint density at radius 3 is 2.16 bits per heavy atom.